The third-order valence-corrected chi connectivity index (χ3v) is 4.21. The number of aromatic nitrogens is 2. The van der Waals surface area contributed by atoms with Crippen LogP contribution in [0, 0.1) is 0 Å². The van der Waals surface area contributed by atoms with Crippen LogP contribution in [0.15, 0.2) is 41.3 Å². The van der Waals surface area contributed by atoms with Gasteiger partial charge in [0.2, 0.25) is 0 Å². The van der Waals surface area contributed by atoms with Crippen molar-refractivity contribution >= 4 is 55.6 Å². The van der Waals surface area contributed by atoms with Gasteiger partial charge in [-0.15, -0.1) is 0 Å². The first-order valence-electron chi connectivity index (χ1n) is 5.61. The standard InChI is InChI=1S/C13H7Cl2N3OS/c14-9-4-3-7(6-10(9)15)17-13-18-11(19)8-2-1-5-16-12(8)20-13/h1-6H,(H,17,18,19). The van der Waals surface area contributed by atoms with Gasteiger partial charge in [0.1, 0.15) is 4.83 Å². The number of nitrogens with one attached hydrogen (secondary N) is 1. The maximum Gasteiger partial charge on any atom is 0.282 e. The summed E-state index contributed by atoms with van der Waals surface area (Å²) in [5.41, 5.74) is 0.396. The molecule has 0 aliphatic rings. The molecule has 20 heavy (non-hydrogen) atoms. The SMILES string of the molecule is O=c1nc(Nc2ccc(Cl)c(Cl)c2)sc2ncccc12. The molecule has 3 aromatic rings. The Morgan fingerprint density at radius 1 is 1.15 bits per heavy atom. The maximum absolute atomic E-state index is 11.9. The molecule has 2 heterocycles. The Labute approximate surface area is 128 Å². The highest BCUT2D eigenvalue weighted by molar-refractivity contribution is 7.21. The van der Waals surface area contributed by atoms with Crippen molar-refractivity contribution in [3.8, 4) is 0 Å². The Bertz CT molecular complexity index is 850. The van der Waals surface area contributed by atoms with Crippen LogP contribution in [0.2, 0.25) is 10.0 Å². The lowest BCUT2D eigenvalue weighted by Gasteiger charge is -2.06. The van der Waals surface area contributed by atoms with Gasteiger partial charge in [-0.1, -0.05) is 34.5 Å². The number of pyridine rings is 1. The van der Waals surface area contributed by atoms with Gasteiger partial charge in [0, 0.05) is 11.9 Å². The molecule has 100 valence electrons. The van der Waals surface area contributed by atoms with Crippen LogP contribution in [-0.2, 0) is 0 Å². The molecule has 0 radical (unpaired) electrons. The van der Waals surface area contributed by atoms with E-state index in [0.29, 0.717) is 31.1 Å². The molecule has 0 spiro atoms. The van der Waals surface area contributed by atoms with Crippen LogP contribution < -0.4 is 10.9 Å². The zero-order valence-corrected chi connectivity index (χ0v) is 12.3. The van der Waals surface area contributed by atoms with Crippen molar-refractivity contribution in [3.05, 3.63) is 56.9 Å². The predicted molar refractivity (Wildman–Crippen MR) is 83.4 cm³/mol. The van der Waals surface area contributed by atoms with E-state index in [1.807, 2.05) is 0 Å². The highest BCUT2D eigenvalue weighted by Crippen LogP contribution is 2.28. The van der Waals surface area contributed by atoms with Crippen molar-refractivity contribution in [3.63, 3.8) is 0 Å². The van der Waals surface area contributed by atoms with Gasteiger partial charge in [0.25, 0.3) is 5.56 Å². The van der Waals surface area contributed by atoms with Crippen molar-refractivity contribution in [1.29, 1.82) is 0 Å². The first kappa shape index (κ1) is 13.3. The van der Waals surface area contributed by atoms with E-state index in [1.54, 1.807) is 36.5 Å². The third-order valence-electron chi connectivity index (χ3n) is 2.57. The van der Waals surface area contributed by atoms with Gasteiger partial charge in [0.05, 0.1) is 15.4 Å². The molecule has 0 amide bonds. The van der Waals surface area contributed by atoms with E-state index in [1.165, 1.54) is 11.3 Å². The second-order valence-corrected chi connectivity index (χ2v) is 5.73. The molecule has 0 atom stereocenters. The molecule has 0 unspecified atom stereocenters. The average Bonchev–Trinajstić information content (AvgIpc) is 2.43. The van der Waals surface area contributed by atoms with Crippen molar-refractivity contribution in [2.45, 2.75) is 0 Å². The molecule has 7 heteroatoms. The first-order chi connectivity index (χ1) is 9.63. The topological polar surface area (TPSA) is 54.9 Å². The lowest BCUT2D eigenvalue weighted by molar-refractivity contribution is 1.29. The second-order valence-electron chi connectivity index (χ2n) is 3.93. The number of fused-ring (bicyclic) bond motifs is 1. The Kier molecular flexibility index (Phi) is 3.56. The normalized spacial score (nSPS) is 10.7. The monoisotopic (exact) mass is 323 g/mol. The fourth-order valence-electron chi connectivity index (χ4n) is 1.65. The molecule has 0 fully saturated rings. The minimum absolute atomic E-state index is 0.311. The molecule has 2 aromatic heterocycles. The van der Waals surface area contributed by atoms with Gasteiger partial charge in [-0.3, -0.25) is 4.79 Å². The number of benzene rings is 1. The minimum Gasteiger partial charge on any atom is -0.331 e. The number of hydrogen-bond acceptors (Lipinski definition) is 5. The van der Waals surface area contributed by atoms with Crippen LogP contribution in [-0.4, -0.2) is 9.97 Å². The summed E-state index contributed by atoms with van der Waals surface area (Å²) in [6, 6.07) is 8.52. The summed E-state index contributed by atoms with van der Waals surface area (Å²) in [4.78, 5) is 20.7. The van der Waals surface area contributed by atoms with Crippen LogP contribution in [0.1, 0.15) is 0 Å². The number of anilines is 2. The summed E-state index contributed by atoms with van der Waals surface area (Å²) in [7, 11) is 0. The van der Waals surface area contributed by atoms with Crippen LogP contribution in [0.3, 0.4) is 0 Å². The first-order valence-corrected chi connectivity index (χ1v) is 7.19. The Hall–Kier alpha value is -1.69. The number of rotatable bonds is 2. The molecular formula is C13H7Cl2N3OS. The van der Waals surface area contributed by atoms with Gasteiger partial charge in [-0.05, 0) is 30.3 Å². The van der Waals surface area contributed by atoms with Crippen molar-refractivity contribution < 1.29 is 0 Å². The largest absolute Gasteiger partial charge is 0.331 e. The van der Waals surface area contributed by atoms with E-state index >= 15 is 0 Å². The molecule has 0 aliphatic heterocycles. The molecule has 1 aromatic carbocycles. The van der Waals surface area contributed by atoms with Gasteiger partial charge in [-0.2, -0.15) is 4.98 Å². The lowest BCUT2D eigenvalue weighted by atomic mass is 10.3. The Morgan fingerprint density at radius 3 is 2.80 bits per heavy atom. The van der Waals surface area contributed by atoms with Gasteiger partial charge in [-0.25, -0.2) is 4.98 Å². The number of hydrogen-bond donors (Lipinski definition) is 1. The van der Waals surface area contributed by atoms with E-state index in [-0.39, 0.29) is 5.56 Å². The summed E-state index contributed by atoms with van der Waals surface area (Å²) < 4.78 is 0. The summed E-state index contributed by atoms with van der Waals surface area (Å²) in [6.07, 6.45) is 1.64. The minimum atomic E-state index is -0.311. The zero-order valence-electron chi connectivity index (χ0n) is 9.93. The molecule has 0 bridgehead atoms. The van der Waals surface area contributed by atoms with Crippen molar-refractivity contribution in [2.24, 2.45) is 0 Å². The van der Waals surface area contributed by atoms with E-state index in [0.717, 1.165) is 0 Å². The quantitative estimate of drug-likeness (QED) is 0.771. The average molecular weight is 324 g/mol. The van der Waals surface area contributed by atoms with E-state index < -0.39 is 0 Å². The molecule has 4 nitrogen and oxygen atoms in total. The van der Waals surface area contributed by atoms with E-state index in [4.69, 9.17) is 23.2 Å². The van der Waals surface area contributed by atoms with E-state index in [9.17, 15) is 4.79 Å². The highest BCUT2D eigenvalue weighted by atomic mass is 35.5. The van der Waals surface area contributed by atoms with Crippen LogP contribution in [0.25, 0.3) is 10.2 Å². The molecular weight excluding hydrogens is 317 g/mol. The maximum atomic E-state index is 11.9. The van der Waals surface area contributed by atoms with E-state index in [2.05, 4.69) is 15.3 Å². The van der Waals surface area contributed by atoms with Gasteiger partial charge >= 0.3 is 0 Å². The highest BCUT2D eigenvalue weighted by Gasteiger charge is 2.06. The van der Waals surface area contributed by atoms with Crippen LogP contribution in [0.4, 0.5) is 10.8 Å². The zero-order chi connectivity index (χ0) is 14.1. The molecule has 1 N–H and O–H groups in total. The Balaban J connectivity index is 2.02. The third kappa shape index (κ3) is 2.60. The van der Waals surface area contributed by atoms with Gasteiger partial charge < -0.3 is 5.32 Å². The van der Waals surface area contributed by atoms with Crippen LogP contribution >= 0.6 is 34.5 Å². The smallest absolute Gasteiger partial charge is 0.282 e. The summed E-state index contributed by atoms with van der Waals surface area (Å²) >= 11 is 13.1. The number of halogens is 2. The van der Waals surface area contributed by atoms with Gasteiger partial charge in [0.15, 0.2) is 5.13 Å². The molecule has 0 aliphatic carbocycles. The number of nitrogens with zero attached hydrogens (tertiary/aromatic N) is 2. The van der Waals surface area contributed by atoms with Crippen molar-refractivity contribution in [2.75, 3.05) is 5.32 Å². The predicted octanol–water partition coefficient (Wildman–Crippen LogP) is 4.10. The van der Waals surface area contributed by atoms with Crippen LogP contribution in [0.5, 0.6) is 0 Å². The summed E-state index contributed by atoms with van der Waals surface area (Å²) in [5.74, 6) is 0. The second kappa shape index (κ2) is 5.36. The fourth-order valence-corrected chi connectivity index (χ4v) is 2.81. The molecule has 3 rings (SSSR count). The molecule has 0 saturated heterocycles. The fraction of sp³-hybridized carbons (Fsp3) is 0. The summed E-state index contributed by atoms with van der Waals surface area (Å²) in [6.45, 7) is 0. The summed E-state index contributed by atoms with van der Waals surface area (Å²) in [5, 5.41) is 4.90. The van der Waals surface area contributed by atoms with Crippen molar-refractivity contribution in [1.82, 2.24) is 9.97 Å². The lowest BCUT2D eigenvalue weighted by Crippen LogP contribution is -2.07. The Morgan fingerprint density at radius 2 is 2.00 bits per heavy atom. The molecule has 0 saturated carbocycles.